The minimum atomic E-state index is -4.94. The Labute approximate surface area is 150 Å². The van der Waals surface area contributed by atoms with Gasteiger partial charge in [0.2, 0.25) is 0 Å². The van der Waals surface area contributed by atoms with E-state index in [-0.39, 0.29) is 30.6 Å². The lowest BCUT2D eigenvalue weighted by Crippen LogP contribution is -2.49. The Morgan fingerprint density at radius 3 is 2.59 bits per heavy atom. The molecule has 0 amide bonds. The fourth-order valence-corrected chi connectivity index (χ4v) is 3.80. The third kappa shape index (κ3) is 2.82. The normalized spacial score (nSPS) is 23.2. The molecule has 0 saturated heterocycles. The van der Waals surface area contributed by atoms with E-state index in [1.807, 2.05) is 0 Å². The number of alkyl halides is 3. The molecule has 2 aromatic heterocycles. The largest absolute Gasteiger partial charge is 0.460 e. The van der Waals surface area contributed by atoms with Crippen LogP contribution in [0.3, 0.4) is 0 Å². The van der Waals surface area contributed by atoms with E-state index in [0.29, 0.717) is 0 Å². The van der Waals surface area contributed by atoms with Crippen LogP contribution in [0.5, 0.6) is 0 Å². The number of halogens is 3. The SMILES string of the molecule is Cn1cnc2c1c(=O)n(CCC1CCC([N+](=O)[O-])(C(F)(F)F)C1)c(=O)n2C. The minimum Gasteiger partial charge on any atom is -0.328 e. The molecule has 2 aromatic rings. The van der Waals surface area contributed by atoms with Gasteiger partial charge in [0.25, 0.3) is 5.56 Å². The van der Waals surface area contributed by atoms with Crippen LogP contribution in [-0.4, -0.2) is 35.3 Å². The van der Waals surface area contributed by atoms with E-state index in [4.69, 9.17) is 0 Å². The molecule has 0 spiro atoms. The minimum absolute atomic E-state index is 0.0174. The van der Waals surface area contributed by atoms with Gasteiger partial charge in [-0.1, -0.05) is 0 Å². The molecule has 2 atom stereocenters. The van der Waals surface area contributed by atoms with Crippen molar-refractivity contribution in [2.45, 2.75) is 43.9 Å². The van der Waals surface area contributed by atoms with Crippen LogP contribution in [0.15, 0.2) is 15.9 Å². The molecule has 148 valence electrons. The quantitative estimate of drug-likeness (QED) is 0.577. The van der Waals surface area contributed by atoms with Crippen molar-refractivity contribution in [2.75, 3.05) is 0 Å². The Morgan fingerprint density at radius 2 is 2.04 bits per heavy atom. The Kier molecular flexibility index (Phi) is 4.39. The second-order valence-corrected chi connectivity index (χ2v) is 7.01. The number of nitro groups is 1. The zero-order valence-electron chi connectivity index (χ0n) is 14.7. The summed E-state index contributed by atoms with van der Waals surface area (Å²) in [5, 5.41) is 11.1. The zero-order valence-corrected chi connectivity index (χ0v) is 14.7. The summed E-state index contributed by atoms with van der Waals surface area (Å²) in [4.78, 5) is 38.8. The summed E-state index contributed by atoms with van der Waals surface area (Å²) in [7, 11) is 3.04. The van der Waals surface area contributed by atoms with Crippen molar-refractivity contribution in [1.29, 1.82) is 0 Å². The highest BCUT2D eigenvalue weighted by molar-refractivity contribution is 5.69. The average molecular weight is 389 g/mol. The lowest BCUT2D eigenvalue weighted by molar-refractivity contribution is -0.611. The number of hydrogen-bond acceptors (Lipinski definition) is 5. The fourth-order valence-electron chi connectivity index (χ4n) is 3.80. The molecule has 12 heteroatoms. The second-order valence-electron chi connectivity index (χ2n) is 7.01. The van der Waals surface area contributed by atoms with Crippen molar-refractivity contribution in [3.8, 4) is 0 Å². The van der Waals surface area contributed by atoms with Crippen LogP contribution in [0.25, 0.3) is 11.2 Å². The van der Waals surface area contributed by atoms with Gasteiger partial charge < -0.3 is 4.57 Å². The van der Waals surface area contributed by atoms with Crippen LogP contribution in [-0.2, 0) is 20.6 Å². The van der Waals surface area contributed by atoms with Crippen LogP contribution in [0.4, 0.5) is 13.2 Å². The van der Waals surface area contributed by atoms with E-state index < -0.39 is 46.6 Å². The Morgan fingerprint density at radius 1 is 1.37 bits per heavy atom. The molecular weight excluding hydrogens is 371 g/mol. The summed E-state index contributed by atoms with van der Waals surface area (Å²) in [6.07, 6.45) is -4.70. The third-order valence-corrected chi connectivity index (χ3v) is 5.43. The molecule has 27 heavy (non-hydrogen) atoms. The first kappa shape index (κ1) is 19.1. The first-order chi connectivity index (χ1) is 12.5. The summed E-state index contributed by atoms with van der Waals surface area (Å²) in [6, 6.07) is 0. The van der Waals surface area contributed by atoms with Gasteiger partial charge in [-0.3, -0.25) is 24.0 Å². The number of fused-ring (bicyclic) bond motifs is 1. The van der Waals surface area contributed by atoms with Gasteiger partial charge >= 0.3 is 17.4 Å². The van der Waals surface area contributed by atoms with Crippen molar-refractivity contribution in [3.63, 3.8) is 0 Å². The van der Waals surface area contributed by atoms with Gasteiger partial charge in [-0.05, 0) is 18.8 Å². The van der Waals surface area contributed by atoms with Crippen LogP contribution >= 0.6 is 0 Å². The molecule has 1 fully saturated rings. The fraction of sp³-hybridized carbons (Fsp3) is 0.667. The molecule has 2 heterocycles. The highest BCUT2D eigenvalue weighted by Crippen LogP contribution is 2.48. The van der Waals surface area contributed by atoms with Crippen LogP contribution in [0.2, 0.25) is 0 Å². The molecule has 0 radical (unpaired) electrons. The Hall–Kier alpha value is -2.66. The number of hydrogen-bond donors (Lipinski definition) is 0. The molecule has 0 N–H and O–H groups in total. The van der Waals surface area contributed by atoms with Crippen LogP contribution in [0.1, 0.15) is 25.7 Å². The van der Waals surface area contributed by atoms with E-state index >= 15 is 0 Å². The molecule has 0 bridgehead atoms. The average Bonchev–Trinajstić information content (AvgIpc) is 3.17. The molecular formula is C15H18F3N5O4. The van der Waals surface area contributed by atoms with E-state index in [1.165, 1.54) is 22.5 Å². The smallest absolute Gasteiger partial charge is 0.328 e. The third-order valence-electron chi connectivity index (χ3n) is 5.43. The van der Waals surface area contributed by atoms with Crippen molar-refractivity contribution in [2.24, 2.45) is 20.0 Å². The van der Waals surface area contributed by atoms with Gasteiger partial charge in [-0.25, -0.2) is 9.78 Å². The van der Waals surface area contributed by atoms with Gasteiger partial charge in [0.15, 0.2) is 11.2 Å². The maximum atomic E-state index is 13.2. The Balaban J connectivity index is 1.87. The molecule has 0 aromatic carbocycles. The molecule has 1 aliphatic rings. The number of rotatable bonds is 4. The lowest BCUT2D eigenvalue weighted by atomic mass is 9.95. The summed E-state index contributed by atoms with van der Waals surface area (Å²) < 4.78 is 43.2. The summed E-state index contributed by atoms with van der Waals surface area (Å²) in [5.74, 6) is -0.601. The van der Waals surface area contributed by atoms with Gasteiger partial charge in [-0.2, -0.15) is 13.2 Å². The molecule has 1 aliphatic carbocycles. The first-order valence-electron chi connectivity index (χ1n) is 8.31. The maximum Gasteiger partial charge on any atom is 0.460 e. The summed E-state index contributed by atoms with van der Waals surface area (Å²) >= 11 is 0. The first-order valence-corrected chi connectivity index (χ1v) is 8.31. The van der Waals surface area contributed by atoms with E-state index in [9.17, 15) is 32.9 Å². The lowest BCUT2D eigenvalue weighted by Gasteiger charge is -2.23. The van der Waals surface area contributed by atoms with E-state index in [0.717, 1.165) is 4.57 Å². The highest BCUT2D eigenvalue weighted by atomic mass is 19.4. The predicted octanol–water partition coefficient (Wildman–Crippen LogP) is 1.20. The highest BCUT2D eigenvalue weighted by Gasteiger charge is 2.68. The van der Waals surface area contributed by atoms with Gasteiger partial charge in [0.05, 0.1) is 6.33 Å². The van der Waals surface area contributed by atoms with Crippen LogP contribution < -0.4 is 11.2 Å². The van der Waals surface area contributed by atoms with Crippen molar-refractivity contribution in [3.05, 3.63) is 37.3 Å². The topological polar surface area (TPSA) is 105 Å². The van der Waals surface area contributed by atoms with E-state index in [2.05, 4.69) is 4.98 Å². The predicted molar refractivity (Wildman–Crippen MR) is 88.0 cm³/mol. The number of nitrogens with zero attached hydrogens (tertiary/aromatic N) is 5. The molecule has 2 unspecified atom stereocenters. The Bertz CT molecular complexity index is 1020. The zero-order chi connectivity index (χ0) is 20.1. The summed E-state index contributed by atoms with van der Waals surface area (Å²) in [5.41, 5.74) is -3.73. The molecule has 3 rings (SSSR count). The molecule has 1 saturated carbocycles. The second kappa shape index (κ2) is 6.20. The van der Waals surface area contributed by atoms with Crippen molar-refractivity contribution < 1.29 is 18.1 Å². The molecule has 0 aliphatic heterocycles. The van der Waals surface area contributed by atoms with Gasteiger partial charge in [-0.15, -0.1) is 0 Å². The van der Waals surface area contributed by atoms with Gasteiger partial charge in [0, 0.05) is 38.4 Å². The van der Waals surface area contributed by atoms with Crippen LogP contribution in [0, 0.1) is 16.0 Å². The van der Waals surface area contributed by atoms with Crippen molar-refractivity contribution >= 4 is 11.2 Å². The maximum absolute atomic E-state index is 13.2. The van der Waals surface area contributed by atoms with Crippen molar-refractivity contribution in [1.82, 2.24) is 18.7 Å². The number of aryl methyl sites for hydroxylation is 2. The standard InChI is InChI=1S/C15H18F3N5O4/c1-20-8-19-11-10(20)12(24)22(13(25)21(11)2)6-4-9-3-5-14(7-9,23(26)27)15(16,17)18/h8-9H,3-7H2,1-2H3. The monoisotopic (exact) mass is 389 g/mol. The van der Waals surface area contributed by atoms with Gasteiger partial charge in [0.1, 0.15) is 0 Å². The molecule has 9 nitrogen and oxygen atoms in total. The summed E-state index contributed by atoms with van der Waals surface area (Å²) in [6.45, 7) is -0.108. The number of imidazole rings is 1. The number of aromatic nitrogens is 4. The van der Waals surface area contributed by atoms with E-state index in [1.54, 1.807) is 7.05 Å².